The quantitative estimate of drug-likeness (QED) is 0.534. The Balaban J connectivity index is 2.55. The van der Waals surface area contributed by atoms with E-state index in [0.717, 1.165) is 6.42 Å². The van der Waals surface area contributed by atoms with Crippen molar-refractivity contribution in [1.29, 1.82) is 0 Å². The van der Waals surface area contributed by atoms with Crippen molar-refractivity contribution < 1.29 is 5.11 Å². The molecule has 66 valence electrons. The molecule has 1 rings (SSSR count). The predicted molar refractivity (Wildman–Crippen MR) is 47.4 cm³/mol. The van der Waals surface area contributed by atoms with Crippen LogP contribution in [0.1, 0.15) is 46.5 Å². The van der Waals surface area contributed by atoms with E-state index in [0.29, 0.717) is 11.3 Å². The average molecular weight is 156 g/mol. The van der Waals surface area contributed by atoms with Gasteiger partial charge in [-0.15, -0.1) is 0 Å². The molecule has 1 fully saturated rings. The monoisotopic (exact) mass is 156 g/mol. The summed E-state index contributed by atoms with van der Waals surface area (Å²) in [4.78, 5) is 0. The van der Waals surface area contributed by atoms with Crippen LogP contribution in [0.2, 0.25) is 0 Å². The predicted octanol–water partition coefficient (Wildman–Crippen LogP) is 2.58. The summed E-state index contributed by atoms with van der Waals surface area (Å²) < 4.78 is 0. The van der Waals surface area contributed by atoms with Gasteiger partial charge in [-0.3, -0.25) is 0 Å². The highest BCUT2D eigenvalue weighted by Crippen LogP contribution is 2.35. The largest absolute Gasteiger partial charge is 0.393 e. The van der Waals surface area contributed by atoms with Gasteiger partial charge in [-0.05, 0) is 30.6 Å². The van der Waals surface area contributed by atoms with Gasteiger partial charge in [-0.2, -0.15) is 0 Å². The molecule has 0 bridgehead atoms. The van der Waals surface area contributed by atoms with Gasteiger partial charge in [0.25, 0.3) is 0 Å². The van der Waals surface area contributed by atoms with Gasteiger partial charge in [0, 0.05) is 0 Å². The van der Waals surface area contributed by atoms with E-state index < -0.39 is 0 Å². The van der Waals surface area contributed by atoms with E-state index in [2.05, 4.69) is 20.8 Å². The summed E-state index contributed by atoms with van der Waals surface area (Å²) >= 11 is 0. The minimum atomic E-state index is -0.0625. The molecule has 0 saturated heterocycles. The van der Waals surface area contributed by atoms with Crippen molar-refractivity contribution in [3.05, 3.63) is 0 Å². The topological polar surface area (TPSA) is 20.2 Å². The van der Waals surface area contributed by atoms with E-state index in [4.69, 9.17) is 0 Å². The van der Waals surface area contributed by atoms with Gasteiger partial charge in [0.2, 0.25) is 0 Å². The molecule has 2 atom stereocenters. The SMILES string of the molecule is C[C@@H]1CCCC(C)(C)C[C@@H]1O. The molecule has 1 heteroatoms. The first-order valence-electron chi connectivity index (χ1n) is 4.69. The number of aliphatic hydroxyl groups is 1. The lowest BCUT2D eigenvalue weighted by molar-refractivity contribution is 0.0802. The Hall–Kier alpha value is -0.0400. The van der Waals surface area contributed by atoms with Crippen LogP contribution in [0, 0.1) is 11.3 Å². The number of hydrogen-bond acceptors (Lipinski definition) is 1. The molecule has 0 heterocycles. The van der Waals surface area contributed by atoms with Crippen molar-refractivity contribution in [3.63, 3.8) is 0 Å². The van der Waals surface area contributed by atoms with Crippen molar-refractivity contribution >= 4 is 0 Å². The van der Waals surface area contributed by atoms with Crippen LogP contribution >= 0.6 is 0 Å². The maximum atomic E-state index is 9.69. The summed E-state index contributed by atoms with van der Waals surface area (Å²) in [5, 5.41) is 9.69. The molecule has 0 aliphatic heterocycles. The van der Waals surface area contributed by atoms with Crippen LogP contribution in [0.3, 0.4) is 0 Å². The first-order valence-corrected chi connectivity index (χ1v) is 4.69. The molecular formula is C10H20O. The fraction of sp³-hybridized carbons (Fsp3) is 1.00. The summed E-state index contributed by atoms with van der Waals surface area (Å²) in [5.41, 5.74) is 0.365. The molecule has 0 radical (unpaired) electrons. The Morgan fingerprint density at radius 3 is 2.64 bits per heavy atom. The van der Waals surface area contributed by atoms with Gasteiger partial charge in [0.15, 0.2) is 0 Å². The van der Waals surface area contributed by atoms with Gasteiger partial charge in [0.05, 0.1) is 6.10 Å². The second-order valence-corrected chi connectivity index (χ2v) is 4.81. The smallest absolute Gasteiger partial charge is 0.0570 e. The summed E-state index contributed by atoms with van der Waals surface area (Å²) in [6, 6.07) is 0. The zero-order valence-corrected chi connectivity index (χ0v) is 7.93. The molecule has 1 aliphatic rings. The number of aliphatic hydroxyl groups excluding tert-OH is 1. The lowest BCUT2D eigenvalue weighted by atomic mass is 9.84. The zero-order valence-electron chi connectivity index (χ0n) is 7.93. The minimum absolute atomic E-state index is 0.0625. The molecular weight excluding hydrogens is 136 g/mol. The highest BCUT2D eigenvalue weighted by atomic mass is 16.3. The Morgan fingerprint density at radius 1 is 1.36 bits per heavy atom. The van der Waals surface area contributed by atoms with Crippen LogP contribution in [0.25, 0.3) is 0 Å². The molecule has 0 aromatic heterocycles. The maximum absolute atomic E-state index is 9.69. The third-order valence-corrected chi connectivity index (χ3v) is 2.93. The van der Waals surface area contributed by atoms with Crippen LogP contribution in [-0.2, 0) is 0 Å². The molecule has 0 unspecified atom stereocenters. The van der Waals surface area contributed by atoms with Gasteiger partial charge < -0.3 is 5.11 Å². The normalized spacial score (nSPS) is 38.2. The van der Waals surface area contributed by atoms with Gasteiger partial charge in [-0.1, -0.05) is 27.2 Å². The van der Waals surface area contributed by atoms with Crippen molar-refractivity contribution in [1.82, 2.24) is 0 Å². The van der Waals surface area contributed by atoms with E-state index in [1.54, 1.807) is 0 Å². The van der Waals surface area contributed by atoms with Crippen molar-refractivity contribution in [3.8, 4) is 0 Å². The lowest BCUT2D eigenvalue weighted by Crippen LogP contribution is -2.22. The third-order valence-electron chi connectivity index (χ3n) is 2.93. The summed E-state index contributed by atoms with van der Waals surface area (Å²) in [5.74, 6) is 0.511. The van der Waals surface area contributed by atoms with Crippen molar-refractivity contribution in [2.45, 2.75) is 52.6 Å². The average Bonchev–Trinajstić information content (AvgIpc) is 1.93. The third kappa shape index (κ3) is 2.48. The van der Waals surface area contributed by atoms with Crippen LogP contribution in [-0.4, -0.2) is 11.2 Å². The Kier molecular flexibility index (Phi) is 2.58. The van der Waals surface area contributed by atoms with Gasteiger partial charge >= 0.3 is 0 Å². The zero-order chi connectivity index (χ0) is 8.48. The highest BCUT2D eigenvalue weighted by Gasteiger charge is 2.28. The Labute approximate surface area is 69.8 Å². The fourth-order valence-corrected chi connectivity index (χ4v) is 1.96. The molecule has 0 aromatic carbocycles. The van der Waals surface area contributed by atoms with Crippen LogP contribution in [0.15, 0.2) is 0 Å². The lowest BCUT2D eigenvalue weighted by Gasteiger charge is -2.25. The van der Waals surface area contributed by atoms with Crippen LogP contribution in [0.5, 0.6) is 0 Å². The van der Waals surface area contributed by atoms with E-state index in [1.165, 1.54) is 19.3 Å². The molecule has 1 nitrogen and oxygen atoms in total. The van der Waals surface area contributed by atoms with E-state index in [1.807, 2.05) is 0 Å². The summed E-state index contributed by atoms with van der Waals surface area (Å²) in [6.07, 6.45) is 4.67. The van der Waals surface area contributed by atoms with E-state index in [9.17, 15) is 5.11 Å². The first kappa shape index (κ1) is 9.05. The molecule has 11 heavy (non-hydrogen) atoms. The Bertz CT molecular complexity index is 129. The molecule has 0 aromatic rings. The number of hydrogen-bond donors (Lipinski definition) is 1. The van der Waals surface area contributed by atoms with Gasteiger partial charge in [0.1, 0.15) is 0 Å². The molecule has 1 aliphatic carbocycles. The first-order chi connectivity index (χ1) is 5.01. The maximum Gasteiger partial charge on any atom is 0.0570 e. The number of rotatable bonds is 0. The van der Waals surface area contributed by atoms with Crippen LogP contribution < -0.4 is 0 Å². The standard InChI is InChI=1S/C10H20O/c1-8-5-4-6-10(2,3)7-9(8)11/h8-9,11H,4-7H2,1-3H3/t8-,9+/m1/s1. The molecule has 1 N–H and O–H groups in total. The molecule has 0 spiro atoms. The molecule has 0 amide bonds. The fourth-order valence-electron chi connectivity index (χ4n) is 1.96. The summed E-state index contributed by atoms with van der Waals surface area (Å²) in [7, 11) is 0. The van der Waals surface area contributed by atoms with Crippen molar-refractivity contribution in [2.75, 3.05) is 0 Å². The second-order valence-electron chi connectivity index (χ2n) is 4.81. The Morgan fingerprint density at radius 2 is 2.00 bits per heavy atom. The highest BCUT2D eigenvalue weighted by molar-refractivity contribution is 4.80. The second kappa shape index (κ2) is 3.14. The van der Waals surface area contributed by atoms with Crippen LogP contribution in [0.4, 0.5) is 0 Å². The van der Waals surface area contributed by atoms with Crippen molar-refractivity contribution in [2.24, 2.45) is 11.3 Å². The molecule has 1 saturated carbocycles. The van der Waals surface area contributed by atoms with E-state index >= 15 is 0 Å². The van der Waals surface area contributed by atoms with Gasteiger partial charge in [-0.25, -0.2) is 0 Å². The minimum Gasteiger partial charge on any atom is -0.393 e. The van der Waals surface area contributed by atoms with E-state index in [-0.39, 0.29) is 6.10 Å². The summed E-state index contributed by atoms with van der Waals surface area (Å²) in [6.45, 7) is 6.68.